The monoisotopic (exact) mass is 284 g/mol. The number of nitriles is 1. The molecule has 0 atom stereocenters. The van der Waals surface area contributed by atoms with Crippen molar-refractivity contribution < 1.29 is 13.9 Å². The number of ether oxygens (including phenoxy) is 1. The van der Waals surface area contributed by atoms with Crippen LogP contribution >= 0.6 is 11.6 Å². The summed E-state index contributed by atoms with van der Waals surface area (Å²) >= 11 is 5.60. The van der Waals surface area contributed by atoms with E-state index in [1.807, 2.05) is 6.07 Å². The topological polar surface area (TPSA) is 53.3 Å². The minimum absolute atomic E-state index is 0.0186. The maximum absolute atomic E-state index is 12.9. The molecule has 1 aromatic rings. The molecule has 0 heterocycles. The highest BCUT2D eigenvalue weighted by atomic mass is 35.5. The number of hydrogen-bond acceptors (Lipinski definition) is 3. The first-order chi connectivity index (χ1) is 9.04. The molecule has 0 aliphatic rings. The van der Waals surface area contributed by atoms with Gasteiger partial charge in [0.05, 0.1) is 30.5 Å². The molecule has 6 heteroatoms. The molecule has 1 amide bonds. The molecule has 4 nitrogen and oxygen atoms in total. The molecule has 0 unspecified atom stereocenters. The standard InChI is InChI=1S/C13H14ClFN2O2/c1-17(7-2-6-16)13(18)5-8-19-10-3-4-12(15)11(14)9-10/h3-4,9H,2,5,7-8H2,1H3. The lowest BCUT2D eigenvalue weighted by Crippen LogP contribution is -2.28. The van der Waals surface area contributed by atoms with Gasteiger partial charge in [-0.05, 0) is 12.1 Å². The van der Waals surface area contributed by atoms with E-state index in [2.05, 4.69) is 0 Å². The Morgan fingerprint density at radius 1 is 1.58 bits per heavy atom. The zero-order valence-electron chi connectivity index (χ0n) is 10.5. The smallest absolute Gasteiger partial charge is 0.225 e. The Morgan fingerprint density at radius 2 is 2.32 bits per heavy atom. The predicted molar refractivity (Wildman–Crippen MR) is 69.4 cm³/mol. The van der Waals surface area contributed by atoms with Gasteiger partial charge in [0.25, 0.3) is 0 Å². The minimum atomic E-state index is -0.513. The number of nitrogens with zero attached hydrogens (tertiary/aromatic N) is 2. The van der Waals surface area contributed by atoms with Gasteiger partial charge in [-0.25, -0.2) is 4.39 Å². The van der Waals surface area contributed by atoms with Crippen LogP contribution in [0.4, 0.5) is 4.39 Å². The Balaban J connectivity index is 2.35. The molecule has 0 saturated heterocycles. The summed E-state index contributed by atoms with van der Waals surface area (Å²) in [7, 11) is 1.63. The van der Waals surface area contributed by atoms with Crippen molar-refractivity contribution in [3.8, 4) is 11.8 Å². The second-order valence-electron chi connectivity index (χ2n) is 3.90. The van der Waals surface area contributed by atoms with Crippen molar-refractivity contribution in [2.24, 2.45) is 0 Å². The third-order valence-electron chi connectivity index (χ3n) is 2.46. The molecular weight excluding hydrogens is 271 g/mol. The van der Waals surface area contributed by atoms with Gasteiger partial charge < -0.3 is 9.64 Å². The summed E-state index contributed by atoms with van der Waals surface area (Å²) in [5, 5.41) is 8.40. The summed E-state index contributed by atoms with van der Waals surface area (Å²) in [6, 6.07) is 5.99. The van der Waals surface area contributed by atoms with Crippen molar-refractivity contribution in [1.82, 2.24) is 4.90 Å². The Labute approximate surface area is 116 Å². The summed E-state index contributed by atoms with van der Waals surface area (Å²) in [4.78, 5) is 13.1. The van der Waals surface area contributed by atoms with E-state index in [1.165, 1.54) is 23.1 Å². The molecule has 0 saturated carbocycles. The van der Waals surface area contributed by atoms with Gasteiger partial charge >= 0.3 is 0 Å². The lowest BCUT2D eigenvalue weighted by atomic mass is 10.3. The van der Waals surface area contributed by atoms with E-state index < -0.39 is 5.82 Å². The molecule has 1 rings (SSSR count). The second kappa shape index (κ2) is 7.59. The van der Waals surface area contributed by atoms with E-state index in [4.69, 9.17) is 21.6 Å². The summed E-state index contributed by atoms with van der Waals surface area (Å²) in [5.74, 6) is -0.205. The molecule has 0 bridgehead atoms. The number of hydrogen-bond donors (Lipinski definition) is 0. The third-order valence-corrected chi connectivity index (χ3v) is 2.75. The number of benzene rings is 1. The van der Waals surface area contributed by atoms with Crippen molar-refractivity contribution in [3.05, 3.63) is 29.0 Å². The molecule has 0 N–H and O–H groups in total. The maximum Gasteiger partial charge on any atom is 0.225 e. The van der Waals surface area contributed by atoms with Gasteiger partial charge in [0.1, 0.15) is 11.6 Å². The van der Waals surface area contributed by atoms with E-state index in [0.29, 0.717) is 18.7 Å². The number of carbonyl (C=O) groups excluding carboxylic acids is 1. The van der Waals surface area contributed by atoms with E-state index in [-0.39, 0.29) is 24.0 Å². The Morgan fingerprint density at radius 3 is 2.95 bits per heavy atom. The molecule has 102 valence electrons. The Kier molecular flexibility index (Phi) is 6.10. The maximum atomic E-state index is 12.9. The molecule has 0 spiro atoms. The highest BCUT2D eigenvalue weighted by Crippen LogP contribution is 2.21. The fraction of sp³-hybridized carbons (Fsp3) is 0.385. The van der Waals surface area contributed by atoms with Gasteiger partial charge in [0, 0.05) is 19.7 Å². The third kappa shape index (κ3) is 5.14. The van der Waals surface area contributed by atoms with Crippen molar-refractivity contribution in [3.63, 3.8) is 0 Å². The SMILES string of the molecule is CN(CCC#N)C(=O)CCOc1ccc(F)c(Cl)c1. The van der Waals surface area contributed by atoms with Gasteiger partial charge in [-0.1, -0.05) is 11.6 Å². The van der Waals surface area contributed by atoms with Crippen LogP contribution in [0.2, 0.25) is 5.02 Å². The molecule has 0 aliphatic carbocycles. The van der Waals surface area contributed by atoms with E-state index in [1.54, 1.807) is 7.05 Å². The molecule has 0 aromatic heterocycles. The largest absolute Gasteiger partial charge is 0.493 e. The number of halogens is 2. The molecule has 19 heavy (non-hydrogen) atoms. The van der Waals surface area contributed by atoms with Gasteiger partial charge in [-0.15, -0.1) is 0 Å². The molecule has 0 aliphatic heterocycles. The molecule has 1 aromatic carbocycles. The normalized spacial score (nSPS) is 9.79. The Bertz CT molecular complexity index is 488. The van der Waals surface area contributed by atoms with Crippen LogP contribution in [0.3, 0.4) is 0 Å². The summed E-state index contributed by atoms with van der Waals surface area (Å²) in [6.07, 6.45) is 0.494. The van der Waals surface area contributed by atoms with Crippen LogP contribution in [0, 0.1) is 17.1 Å². The minimum Gasteiger partial charge on any atom is -0.493 e. The second-order valence-corrected chi connectivity index (χ2v) is 4.30. The van der Waals surface area contributed by atoms with Crippen molar-refractivity contribution in [2.75, 3.05) is 20.2 Å². The van der Waals surface area contributed by atoms with Crippen LogP contribution < -0.4 is 4.74 Å². The molecular formula is C13H14ClFN2O2. The first-order valence-electron chi connectivity index (χ1n) is 5.73. The lowest BCUT2D eigenvalue weighted by molar-refractivity contribution is -0.130. The first kappa shape index (κ1) is 15.3. The predicted octanol–water partition coefficient (Wildman–Crippen LogP) is 2.62. The number of rotatable bonds is 6. The lowest BCUT2D eigenvalue weighted by Gasteiger charge is -2.15. The van der Waals surface area contributed by atoms with Crippen LogP contribution in [0.1, 0.15) is 12.8 Å². The van der Waals surface area contributed by atoms with Crippen LogP contribution in [-0.4, -0.2) is 31.0 Å². The molecule has 0 fully saturated rings. The van der Waals surface area contributed by atoms with Crippen molar-refractivity contribution >= 4 is 17.5 Å². The van der Waals surface area contributed by atoms with Crippen molar-refractivity contribution in [2.45, 2.75) is 12.8 Å². The average Bonchev–Trinajstić information content (AvgIpc) is 2.39. The average molecular weight is 285 g/mol. The zero-order valence-corrected chi connectivity index (χ0v) is 11.3. The highest BCUT2D eigenvalue weighted by Gasteiger charge is 2.08. The van der Waals surface area contributed by atoms with Crippen LogP contribution in [0.15, 0.2) is 18.2 Å². The first-order valence-corrected chi connectivity index (χ1v) is 6.11. The fourth-order valence-corrected chi connectivity index (χ4v) is 1.53. The summed E-state index contributed by atoms with van der Waals surface area (Å²) < 4.78 is 18.2. The van der Waals surface area contributed by atoms with Crippen LogP contribution in [0.5, 0.6) is 5.75 Å². The van der Waals surface area contributed by atoms with Crippen molar-refractivity contribution in [1.29, 1.82) is 5.26 Å². The highest BCUT2D eigenvalue weighted by molar-refractivity contribution is 6.30. The summed E-state index contributed by atoms with van der Waals surface area (Å²) in [5.41, 5.74) is 0. The fourth-order valence-electron chi connectivity index (χ4n) is 1.36. The number of carbonyl (C=O) groups is 1. The summed E-state index contributed by atoms with van der Waals surface area (Å²) in [6.45, 7) is 0.579. The molecule has 0 radical (unpaired) electrons. The van der Waals surface area contributed by atoms with Crippen LogP contribution in [0.25, 0.3) is 0 Å². The van der Waals surface area contributed by atoms with E-state index in [9.17, 15) is 9.18 Å². The van der Waals surface area contributed by atoms with Gasteiger partial charge in [0.15, 0.2) is 0 Å². The van der Waals surface area contributed by atoms with E-state index >= 15 is 0 Å². The van der Waals surface area contributed by atoms with Gasteiger partial charge in [-0.2, -0.15) is 5.26 Å². The Hall–Kier alpha value is -1.80. The quantitative estimate of drug-likeness (QED) is 0.807. The van der Waals surface area contributed by atoms with Crippen LogP contribution in [-0.2, 0) is 4.79 Å². The number of amides is 1. The van der Waals surface area contributed by atoms with Gasteiger partial charge in [0.2, 0.25) is 5.91 Å². The van der Waals surface area contributed by atoms with Gasteiger partial charge in [-0.3, -0.25) is 4.79 Å². The zero-order chi connectivity index (χ0) is 14.3. The van der Waals surface area contributed by atoms with E-state index in [0.717, 1.165) is 0 Å².